The fourth-order valence-electron chi connectivity index (χ4n) is 4.82. The first-order valence-corrected chi connectivity index (χ1v) is 7.84. The molecule has 2 saturated carbocycles. The van der Waals surface area contributed by atoms with Crippen molar-refractivity contribution in [2.24, 2.45) is 16.7 Å². The minimum atomic E-state index is -0.159. The van der Waals surface area contributed by atoms with E-state index in [-0.39, 0.29) is 11.9 Å². The molecule has 2 bridgehead atoms. The predicted molar refractivity (Wildman–Crippen MR) is 81.0 cm³/mol. The van der Waals surface area contributed by atoms with Crippen LogP contribution < -0.4 is 5.32 Å². The highest BCUT2D eigenvalue weighted by molar-refractivity contribution is 5.21. The van der Waals surface area contributed by atoms with Crippen LogP contribution in [0.15, 0.2) is 24.3 Å². The third-order valence-electron chi connectivity index (χ3n) is 6.06. The smallest absolute Gasteiger partial charge is 0.123 e. The highest BCUT2D eigenvalue weighted by atomic mass is 19.1. The van der Waals surface area contributed by atoms with Crippen molar-refractivity contribution >= 4 is 0 Å². The lowest BCUT2D eigenvalue weighted by Crippen LogP contribution is -2.50. The van der Waals surface area contributed by atoms with Crippen molar-refractivity contribution in [2.45, 2.75) is 59.0 Å². The molecule has 1 nitrogen and oxygen atoms in total. The van der Waals surface area contributed by atoms with Crippen LogP contribution in [0.2, 0.25) is 0 Å². The van der Waals surface area contributed by atoms with Gasteiger partial charge < -0.3 is 5.32 Å². The molecule has 2 unspecified atom stereocenters. The van der Waals surface area contributed by atoms with Gasteiger partial charge in [-0.05, 0) is 60.6 Å². The second-order valence-corrected chi connectivity index (χ2v) is 7.79. The standard InChI is InChI=1S/C18H26FN/c1-12(13-5-7-15(19)8-6-13)20-16-17(2,3)14-9-10-18(16,4)11-14/h5-8,12,14,16,20H,9-11H2,1-4H3/t12?,14-,16?,18+/m0/s1. The minimum Gasteiger partial charge on any atom is -0.306 e. The first-order chi connectivity index (χ1) is 9.33. The second kappa shape index (κ2) is 4.56. The van der Waals surface area contributed by atoms with E-state index < -0.39 is 0 Å². The van der Waals surface area contributed by atoms with Crippen LogP contribution in [0, 0.1) is 22.6 Å². The number of rotatable bonds is 3. The van der Waals surface area contributed by atoms with E-state index in [1.54, 1.807) is 12.1 Å². The van der Waals surface area contributed by atoms with Gasteiger partial charge >= 0.3 is 0 Å². The molecule has 0 aliphatic heterocycles. The molecular weight excluding hydrogens is 249 g/mol. The summed E-state index contributed by atoms with van der Waals surface area (Å²) >= 11 is 0. The van der Waals surface area contributed by atoms with Gasteiger partial charge in [0.2, 0.25) is 0 Å². The van der Waals surface area contributed by atoms with Gasteiger partial charge in [0, 0.05) is 12.1 Å². The summed E-state index contributed by atoms with van der Waals surface area (Å²) in [5.41, 5.74) is 1.97. The van der Waals surface area contributed by atoms with Gasteiger partial charge in [0.15, 0.2) is 0 Å². The lowest BCUT2D eigenvalue weighted by Gasteiger charge is -2.44. The second-order valence-electron chi connectivity index (χ2n) is 7.79. The molecule has 2 heteroatoms. The van der Waals surface area contributed by atoms with E-state index in [9.17, 15) is 4.39 Å². The van der Waals surface area contributed by atoms with E-state index in [2.05, 4.69) is 33.0 Å². The van der Waals surface area contributed by atoms with Gasteiger partial charge in [-0.3, -0.25) is 0 Å². The Bertz CT molecular complexity index is 488. The average Bonchev–Trinajstić information content (AvgIpc) is 2.86. The van der Waals surface area contributed by atoms with Crippen LogP contribution in [0.3, 0.4) is 0 Å². The molecule has 1 N–H and O–H groups in total. The fourth-order valence-corrected chi connectivity index (χ4v) is 4.82. The van der Waals surface area contributed by atoms with Gasteiger partial charge in [0.25, 0.3) is 0 Å². The molecule has 4 atom stereocenters. The van der Waals surface area contributed by atoms with E-state index >= 15 is 0 Å². The molecule has 0 spiro atoms. The quantitative estimate of drug-likeness (QED) is 0.843. The summed E-state index contributed by atoms with van der Waals surface area (Å²) in [6.07, 6.45) is 4.08. The van der Waals surface area contributed by atoms with Crippen LogP contribution in [-0.4, -0.2) is 6.04 Å². The van der Waals surface area contributed by atoms with Gasteiger partial charge in [-0.25, -0.2) is 4.39 Å². The molecule has 110 valence electrons. The topological polar surface area (TPSA) is 12.0 Å². The Morgan fingerprint density at radius 1 is 1.20 bits per heavy atom. The zero-order valence-electron chi connectivity index (χ0n) is 13.0. The maximum absolute atomic E-state index is 13.0. The molecule has 2 fully saturated rings. The maximum Gasteiger partial charge on any atom is 0.123 e. The molecule has 1 aromatic rings. The van der Waals surface area contributed by atoms with Crippen LogP contribution in [0.1, 0.15) is 58.6 Å². The monoisotopic (exact) mass is 275 g/mol. The summed E-state index contributed by atoms with van der Waals surface area (Å²) in [7, 11) is 0. The van der Waals surface area contributed by atoms with Crippen LogP contribution >= 0.6 is 0 Å². The van der Waals surface area contributed by atoms with Crippen molar-refractivity contribution in [1.82, 2.24) is 5.32 Å². The summed E-state index contributed by atoms with van der Waals surface area (Å²) in [5.74, 6) is 0.693. The molecule has 0 aromatic heterocycles. The normalized spacial score (nSPS) is 36.2. The molecule has 3 rings (SSSR count). The maximum atomic E-state index is 13.0. The third kappa shape index (κ3) is 2.09. The van der Waals surface area contributed by atoms with Crippen molar-refractivity contribution in [1.29, 1.82) is 0 Å². The molecular formula is C18H26FN. The largest absolute Gasteiger partial charge is 0.306 e. The molecule has 20 heavy (non-hydrogen) atoms. The predicted octanol–water partition coefficient (Wildman–Crippen LogP) is 4.69. The van der Waals surface area contributed by atoms with Gasteiger partial charge in [0.05, 0.1) is 0 Å². The number of halogens is 1. The van der Waals surface area contributed by atoms with Crippen LogP contribution in [-0.2, 0) is 0 Å². The number of hydrogen-bond donors (Lipinski definition) is 1. The molecule has 0 radical (unpaired) electrons. The van der Waals surface area contributed by atoms with Gasteiger partial charge in [0.1, 0.15) is 5.82 Å². The number of benzene rings is 1. The molecule has 0 saturated heterocycles. The van der Waals surface area contributed by atoms with Crippen molar-refractivity contribution in [3.05, 3.63) is 35.6 Å². The first kappa shape index (κ1) is 14.1. The minimum absolute atomic E-state index is 0.159. The van der Waals surface area contributed by atoms with Crippen molar-refractivity contribution in [3.8, 4) is 0 Å². The van der Waals surface area contributed by atoms with Crippen molar-refractivity contribution < 1.29 is 4.39 Å². The van der Waals surface area contributed by atoms with E-state index in [1.807, 2.05) is 12.1 Å². The summed E-state index contributed by atoms with van der Waals surface area (Å²) in [6.45, 7) is 9.46. The Morgan fingerprint density at radius 3 is 2.40 bits per heavy atom. The van der Waals surface area contributed by atoms with Crippen LogP contribution in [0.25, 0.3) is 0 Å². The summed E-state index contributed by atoms with van der Waals surface area (Å²) in [6, 6.07) is 7.73. The molecule has 0 amide bonds. The van der Waals surface area contributed by atoms with E-state index in [0.29, 0.717) is 16.9 Å². The Kier molecular flexibility index (Phi) is 3.20. The Labute approximate surface area is 122 Å². The zero-order chi connectivity index (χ0) is 14.5. The van der Waals surface area contributed by atoms with Gasteiger partial charge in [-0.2, -0.15) is 0 Å². The van der Waals surface area contributed by atoms with E-state index in [0.717, 1.165) is 5.92 Å². The number of fused-ring (bicyclic) bond motifs is 2. The Morgan fingerprint density at radius 2 is 1.85 bits per heavy atom. The zero-order valence-corrected chi connectivity index (χ0v) is 13.0. The molecule has 1 aromatic carbocycles. The summed E-state index contributed by atoms with van der Waals surface area (Å²) < 4.78 is 13.0. The Balaban J connectivity index is 1.78. The Hall–Kier alpha value is -0.890. The highest BCUT2D eigenvalue weighted by Gasteiger charge is 2.59. The van der Waals surface area contributed by atoms with Crippen LogP contribution in [0.5, 0.6) is 0 Å². The average molecular weight is 275 g/mol. The van der Waals surface area contributed by atoms with E-state index in [4.69, 9.17) is 0 Å². The van der Waals surface area contributed by atoms with Gasteiger partial charge in [-0.1, -0.05) is 32.9 Å². The molecule has 2 aliphatic rings. The number of nitrogens with one attached hydrogen (secondary N) is 1. The first-order valence-electron chi connectivity index (χ1n) is 7.84. The van der Waals surface area contributed by atoms with E-state index in [1.165, 1.54) is 24.8 Å². The SMILES string of the molecule is CC(NC1C(C)(C)[C@H]2CC[C@]1(C)C2)c1ccc(F)cc1. The fraction of sp³-hybridized carbons (Fsp3) is 0.667. The lowest BCUT2D eigenvalue weighted by molar-refractivity contribution is 0.100. The summed E-state index contributed by atoms with van der Waals surface area (Å²) in [4.78, 5) is 0. The lowest BCUT2D eigenvalue weighted by atomic mass is 9.68. The van der Waals surface area contributed by atoms with Crippen LogP contribution in [0.4, 0.5) is 4.39 Å². The van der Waals surface area contributed by atoms with Crippen molar-refractivity contribution in [3.63, 3.8) is 0 Å². The van der Waals surface area contributed by atoms with Gasteiger partial charge in [-0.15, -0.1) is 0 Å². The van der Waals surface area contributed by atoms with Crippen molar-refractivity contribution in [2.75, 3.05) is 0 Å². The number of hydrogen-bond acceptors (Lipinski definition) is 1. The molecule has 0 heterocycles. The molecule has 2 aliphatic carbocycles. The highest BCUT2D eigenvalue weighted by Crippen LogP contribution is 2.62. The third-order valence-corrected chi connectivity index (χ3v) is 6.06. The summed E-state index contributed by atoms with van der Waals surface area (Å²) in [5, 5.41) is 3.85.